The van der Waals surface area contributed by atoms with E-state index in [4.69, 9.17) is 5.11 Å². The van der Waals surface area contributed by atoms with Crippen LogP contribution in [0.1, 0.15) is 23.7 Å². The number of amides is 1. The Kier molecular flexibility index (Phi) is 3.20. The van der Waals surface area contributed by atoms with Crippen molar-refractivity contribution in [3.63, 3.8) is 0 Å². The van der Waals surface area contributed by atoms with Crippen molar-refractivity contribution in [1.82, 2.24) is 0 Å². The van der Waals surface area contributed by atoms with Crippen LogP contribution in [-0.2, 0) is 4.79 Å². The van der Waals surface area contributed by atoms with Crippen LogP contribution in [0.15, 0.2) is 18.2 Å². The van der Waals surface area contributed by atoms with Gasteiger partial charge < -0.3 is 10.4 Å². The van der Waals surface area contributed by atoms with Crippen molar-refractivity contribution in [1.29, 1.82) is 0 Å². The summed E-state index contributed by atoms with van der Waals surface area (Å²) in [5.74, 6) is -1.41. The molecule has 2 unspecified atom stereocenters. The summed E-state index contributed by atoms with van der Waals surface area (Å²) in [5.41, 5.74) is -0.456. The highest BCUT2D eigenvalue weighted by Crippen LogP contribution is 2.38. The SMILES string of the molecule is CC1CC1C(=O)Nc1cc([N+](=O)[O-])ccc1C(=O)O. The molecule has 1 fully saturated rings. The maximum atomic E-state index is 11.8. The highest BCUT2D eigenvalue weighted by molar-refractivity contribution is 6.02. The lowest BCUT2D eigenvalue weighted by atomic mass is 10.1. The van der Waals surface area contributed by atoms with E-state index in [2.05, 4.69) is 5.32 Å². The van der Waals surface area contributed by atoms with Gasteiger partial charge in [0.25, 0.3) is 5.69 Å². The maximum absolute atomic E-state index is 11.8. The normalized spacial score (nSPS) is 20.7. The van der Waals surface area contributed by atoms with Gasteiger partial charge in [0.2, 0.25) is 5.91 Å². The molecule has 0 heterocycles. The molecule has 2 N–H and O–H groups in total. The zero-order valence-electron chi connectivity index (χ0n) is 10.1. The number of benzene rings is 1. The second-order valence-corrected chi connectivity index (χ2v) is 4.60. The molecule has 1 aromatic rings. The molecule has 0 spiro atoms. The maximum Gasteiger partial charge on any atom is 0.337 e. The van der Waals surface area contributed by atoms with Crippen LogP contribution in [0.5, 0.6) is 0 Å². The van der Waals surface area contributed by atoms with Crippen LogP contribution in [0.4, 0.5) is 11.4 Å². The lowest BCUT2D eigenvalue weighted by molar-refractivity contribution is -0.384. The number of nitro benzene ring substituents is 1. The zero-order valence-corrected chi connectivity index (χ0v) is 10.1. The van der Waals surface area contributed by atoms with Gasteiger partial charge in [0.05, 0.1) is 16.2 Å². The number of carbonyl (C=O) groups excluding carboxylic acids is 1. The van der Waals surface area contributed by atoms with Crippen molar-refractivity contribution in [2.45, 2.75) is 13.3 Å². The molecule has 0 radical (unpaired) electrons. The molecule has 19 heavy (non-hydrogen) atoms. The number of nitrogens with one attached hydrogen (secondary N) is 1. The summed E-state index contributed by atoms with van der Waals surface area (Å²) in [6.45, 7) is 1.91. The van der Waals surface area contributed by atoms with Crippen LogP contribution in [0, 0.1) is 22.0 Å². The van der Waals surface area contributed by atoms with Crippen LogP contribution in [-0.4, -0.2) is 21.9 Å². The molecule has 1 saturated carbocycles. The van der Waals surface area contributed by atoms with Gasteiger partial charge in [-0.15, -0.1) is 0 Å². The average molecular weight is 264 g/mol. The van der Waals surface area contributed by atoms with Crippen LogP contribution in [0.2, 0.25) is 0 Å². The molecule has 1 aliphatic rings. The van der Waals surface area contributed by atoms with Crippen molar-refractivity contribution in [2.75, 3.05) is 5.32 Å². The molecule has 100 valence electrons. The number of rotatable bonds is 4. The summed E-state index contributed by atoms with van der Waals surface area (Å²) in [7, 11) is 0. The predicted octanol–water partition coefficient (Wildman–Crippen LogP) is 1.89. The first-order chi connectivity index (χ1) is 8.90. The molecule has 1 aliphatic carbocycles. The number of hydrogen-bond donors (Lipinski definition) is 2. The standard InChI is InChI=1S/C12H12N2O5/c1-6-4-9(6)11(15)13-10-5-7(14(18)19)2-3-8(10)12(16)17/h2-3,5-6,9H,4H2,1H3,(H,13,15)(H,16,17). The largest absolute Gasteiger partial charge is 0.478 e. The topological polar surface area (TPSA) is 110 Å². The molecular weight excluding hydrogens is 252 g/mol. The summed E-state index contributed by atoms with van der Waals surface area (Å²) in [4.78, 5) is 32.8. The highest BCUT2D eigenvalue weighted by atomic mass is 16.6. The molecule has 0 saturated heterocycles. The molecule has 2 atom stereocenters. The highest BCUT2D eigenvalue weighted by Gasteiger charge is 2.39. The molecule has 1 aromatic carbocycles. The van der Waals surface area contributed by atoms with Gasteiger partial charge in [-0.3, -0.25) is 14.9 Å². The van der Waals surface area contributed by atoms with Crippen LogP contribution >= 0.6 is 0 Å². The lowest BCUT2D eigenvalue weighted by Crippen LogP contribution is -2.17. The van der Waals surface area contributed by atoms with Crippen molar-refractivity contribution < 1.29 is 19.6 Å². The fourth-order valence-corrected chi connectivity index (χ4v) is 1.85. The Morgan fingerprint density at radius 1 is 1.47 bits per heavy atom. The fourth-order valence-electron chi connectivity index (χ4n) is 1.85. The summed E-state index contributed by atoms with van der Waals surface area (Å²) in [6, 6.07) is 3.28. The van der Waals surface area contributed by atoms with E-state index in [1.807, 2.05) is 6.92 Å². The van der Waals surface area contributed by atoms with Crippen molar-refractivity contribution in [2.24, 2.45) is 11.8 Å². The Hall–Kier alpha value is -2.44. The monoisotopic (exact) mass is 264 g/mol. The van der Waals surface area contributed by atoms with Crippen LogP contribution < -0.4 is 5.32 Å². The Morgan fingerprint density at radius 3 is 2.58 bits per heavy atom. The molecule has 7 nitrogen and oxygen atoms in total. The number of nitrogens with zero attached hydrogens (tertiary/aromatic N) is 1. The van der Waals surface area contributed by atoms with Gasteiger partial charge in [-0.05, 0) is 18.4 Å². The molecule has 0 bridgehead atoms. The van der Waals surface area contributed by atoms with Crippen molar-refractivity contribution >= 4 is 23.3 Å². The molecule has 7 heteroatoms. The number of carboxylic acid groups (broad SMARTS) is 1. The summed E-state index contributed by atoms with van der Waals surface area (Å²) in [5, 5.41) is 22.1. The molecular formula is C12H12N2O5. The number of carboxylic acids is 1. The van der Waals surface area contributed by atoms with Gasteiger partial charge >= 0.3 is 5.97 Å². The van der Waals surface area contributed by atoms with Gasteiger partial charge in [0.15, 0.2) is 0 Å². The minimum atomic E-state index is -1.24. The van der Waals surface area contributed by atoms with Crippen LogP contribution in [0.25, 0.3) is 0 Å². The van der Waals surface area contributed by atoms with Gasteiger partial charge in [-0.25, -0.2) is 4.79 Å². The smallest absolute Gasteiger partial charge is 0.337 e. The van der Waals surface area contributed by atoms with Gasteiger partial charge in [0, 0.05) is 18.1 Å². The fraction of sp³-hybridized carbons (Fsp3) is 0.333. The van der Waals surface area contributed by atoms with Gasteiger partial charge in [0.1, 0.15) is 0 Å². The lowest BCUT2D eigenvalue weighted by Gasteiger charge is -2.08. The zero-order chi connectivity index (χ0) is 14.2. The quantitative estimate of drug-likeness (QED) is 0.637. The second-order valence-electron chi connectivity index (χ2n) is 4.60. The number of aromatic carboxylic acids is 1. The number of nitro groups is 1. The van der Waals surface area contributed by atoms with Crippen molar-refractivity contribution in [3.05, 3.63) is 33.9 Å². The molecule has 1 amide bonds. The first kappa shape index (κ1) is 13.0. The number of non-ortho nitro benzene ring substituents is 1. The van der Waals surface area contributed by atoms with E-state index in [0.29, 0.717) is 0 Å². The summed E-state index contributed by atoms with van der Waals surface area (Å²) in [6.07, 6.45) is 0.753. The second kappa shape index (κ2) is 4.68. The third-order valence-corrected chi connectivity index (χ3v) is 3.15. The predicted molar refractivity (Wildman–Crippen MR) is 66.0 cm³/mol. The summed E-state index contributed by atoms with van der Waals surface area (Å²) < 4.78 is 0. The Balaban J connectivity index is 2.29. The molecule has 0 aromatic heterocycles. The van der Waals surface area contributed by atoms with Gasteiger partial charge in [-0.2, -0.15) is 0 Å². The number of anilines is 1. The Bertz CT molecular complexity index is 569. The van der Waals surface area contributed by atoms with E-state index in [1.54, 1.807) is 0 Å². The van der Waals surface area contributed by atoms with E-state index >= 15 is 0 Å². The molecule has 0 aliphatic heterocycles. The third kappa shape index (κ3) is 2.70. The van der Waals surface area contributed by atoms with Crippen LogP contribution in [0.3, 0.4) is 0 Å². The van der Waals surface area contributed by atoms with Gasteiger partial charge in [-0.1, -0.05) is 6.92 Å². The van der Waals surface area contributed by atoms with E-state index in [-0.39, 0.29) is 34.7 Å². The first-order valence-corrected chi connectivity index (χ1v) is 5.72. The van der Waals surface area contributed by atoms with E-state index < -0.39 is 10.9 Å². The minimum Gasteiger partial charge on any atom is -0.478 e. The average Bonchev–Trinajstić information content (AvgIpc) is 3.06. The first-order valence-electron chi connectivity index (χ1n) is 5.72. The van der Waals surface area contributed by atoms with Crippen molar-refractivity contribution in [3.8, 4) is 0 Å². The number of carbonyl (C=O) groups is 2. The third-order valence-electron chi connectivity index (χ3n) is 3.15. The Morgan fingerprint density at radius 2 is 2.11 bits per heavy atom. The summed E-state index contributed by atoms with van der Waals surface area (Å²) >= 11 is 0. The minimum absolute atomic E-state index is 0.0363. The number of hydrogen-bond acceptors (Lipinski definition) is 4. The Labute approximate surface area is 108 Å². The molecule has 2 rings (SSSR count). The van der Waals surface area contributed by atoms with E-state index in [0.717, 1.165) is 24.6 Å². The van der Waals surface area contributed by atoms with E-state index in [9.17, 15) is 19.7 Å². The van der Waals surface area contributed by atoms with E-state index in [1.165, 1.54) is 0 Å².